The van der Waals surface area contributed by atoms with Gasteiger partial charge in [0.05, 0.1) is 49.8 Å². The second-order valence-electron chi connectivity index (χ2n) is 14.3. The van der Waals surface area contributed by atoms with Gasteiger partial charge in [0.25, 0.3) is 0 Å². The van der Waals surface area contributed by atoms with Crippen molar-refractivity contribution in [2.45, 2.75) is 62.9 Å². The van der Waals surface area contributed by atoms with Gasteiger partial charge in [0.1, 0.15) is 5.82 Å². The molecule has 0 unspecified atom stereocenters. The zero-order chi connectivity index (χ0) is 37.7. The van der Waals surface area contributed by atoms with Crippen LogP contribution in [0.3, 0.4) is 0 Å². The first-order valence-electron chi connectivity index (χ1n) is 18.9. The van der Waals surface area contributed by atoms with Crippen molar-refractivity contribution in [2.75, 3.05) is 20.2 Å². The van der Waals surface area contributed by atoms with E-state index in [-0.39, 0.29) is 30.3 Å². The average Bonchev–Trinajstić information content (AvgIpc) is 4.08. The molecule has 55 heavy (non-hydrogen) atoms. The van der Waals surface area contributed by atoms with E-state index in [0.717, 1.165) is 82.8 Å². The van der Waals surface area contributed by atoms with Gasteiger partial charge >= 0.3 is 5.97 Å². The van der Waals surface area contributed by atoms with Gasteiger partial charge in [-0.25, -0.2) is 15.0 Å². The number of esters is 1. The van der Waals surface area contributed by atoms with Gasteiger partial charge in [-0.05, 0) is 47.9 Å². The van der Waals surface area contributed by atoms with Crippen LogP contribution in [0.4, 0.5) is 0 Å². The van der Waals surface area contributed by atoms with E-state index in [4.69, 9.17) is 24.7 Å². The smallest absolute Gasteiger partial charge is 0.306 e. The van der Waals surface area contributed by atoms with Gasteiger partial charge in [-0.2, -0.15) is 0 Å². The molecular weight excluding hydrogens is 691 g/mol. The third-order valence-corrected chi connectivity index (χ3v) is 10.9. The highest BCUT2D eigenvalue weighted by Gasteiger charge is 2.37. The van der Waals surface area contributed by atoms with Crippen molar-refractivity contribution in [3.05, 3.63) is 132 Å². The Balaban J connectivity index is 0.895. The highest BCUT2D eigenvalue weighted by Crippen LogP contribution is 2.36. The Kier molecular flexibility index (Phi) is 10.4. The molecule has 8 rings (SSSR count). The zero-order valence-corrected chi connectivity index (χ0v) is 30.8. The fourth-order valence-electron chi connectivity index (χ4n) is 8.00. The Morgan fingerprint density at radius 3 is 2.18 bits per heavy atom. The Morgan fingerprint density at radius 1 is 0.782 bits per heavy atom. The fraction of sp³-hybridized carbons (Fsp3) is 0.295. The standard InChI is InChI=1S/C44H43N7O4/c1-55-41(53)24-35(30-12-6-3-7-13-30)44(54)51-21-9-15-39(51)43-48-28-37(49-43)31-16-18-32(19-17-31)42-46-26-34(27-47-42)33-23-36(45-25-33)38-14-8-20-50(38)40(52)22-29-10-4-2-5-11-29/h2-7,10-13,16-19,25-28,35,38-39H,8-9,14-15,20-24H2,1H3,(H,48,49)/t35-,38+,39+/m1/s1. The summed E-state index contributed by atoms with van der Waals surface area (Å²) < 4.78 is 4.93. The van der Waals surface area contributed by atoms with Crippen LogP contribution in [0.2, 0.25) is 0 Å². The predicted molar refractivity (Wildman–Crippen MR) is 209 cm³/mol. The summed E-state index contributed by atoms with van der Waals surface area (Å²) in [4.78, 5) is 65.6. The van der Waals surface area contributed by atoms with Gasteiger partial charge in [0, 0.05) is 54.9 Å². The number of benzene rings is 3. The Morgan fingerprint density at radius 2 is 1.45 bits per heavy atom. The van der Waals surface area contributed by atoms with Gasteiger partial charge in [-0.1, -0.05) is 84.9 Å². The summed E-state index contributed by atoms with van der Waals surface area (Å²) in [5.41, 5.74) is 7.50. The number of H-pyrrole nitrogens is 1. The van der Waals surface area contributed by atoms with Gasteiger partial charge in [0.15, 0.2) is 5.82 Å². The maximum absolute atomic E-state index is 13.9. The zero-order valence-electron chi connectivity index (χ0n) is 30.8. The maximum Gasteiger partial charge on any atom is 0.306 e. The molecule has 1 N–H and O–H groups in total. The number of allylic oxidation sites excluding steroid dienone is 1. The number of methoxy groups -OCH3 is 1. The van der Waals surface area contributed by atoms with E-state index in [1.807, 2.05) is 113 Å². The molecule has 3 aromatic carbocycles. The minimum Gasteiger partial charge on any atom is -0.469 e. The molecule has 2 amide bonds. The van der Waals surface area contributed by atoms with Gasteiger partial charge in [-0.3, -0.25) is 19.4 Å². The van der Waals surface area contributed by atoms with E-state index < -0.39 is 11.9 Å². The lowest BCUT2D eigenvalue weighted by molar-refractivity contribution is -0.145. The molecule has 2 aromatic heterocycles. The third-order valence-electron chi connectivity index (χ3n) is 10.9. The van der Waals surface area contributed by atoms with Gasteiger partial charge in [0.2, 0.25) is 11.8 Å². The number of carbonyl (C=O) groups is 3. The number of rotatable bonds is 11. The summed E-state index contributed by atoms with van der Waals surface area (Å²) in [5.74, 6) is 0.346. The lowest BCUT2D eigenvalue weighted by Crippen LogP contribution is -2.41. The van der Waals surface area contributed by atoms with E-state index in [1.54, 1.807) is 6.20 Å². The molecule has 2 saturated heterocycles. The predicted octanol–water partition coefficient (Wildman–Crippen LogP) is 6.96. The van der Waals surface area contributed by atoms with E-state index in [9.17, 15) is 14.4 Å². The van der Waals surface area contributed by atoms with E-state index in [0.29, 0.717) is 25.2 Å². The summed E-state index contributed by atoms with van der Waals surface area (Å²) in [5, 5.41) is 0. The first-order chi connectivity index (χ1) is 26.9. The topological polar surface area (TPSA) is 134 Å². The van der Waals surface area contributed by atoms with Crippen molar-refractivity contribution in [2.24, 2.45) is 4.99 Å². The number of aromatic amines is 1. The minimum absolute atomic E-state index is 0.0175. The lowest BCUT2D eigenvalue weighted by Gasteiger charge is -2.28. The number of ether oxygens (including phenoxy) is 1. The molecule has 11 nitrogen and oxygen atoms in total. The molecule has 0 saturated carbocycles. The lowest BCUT2D eigenvalue weighted by atomic mass is 9.94. The second-order valence-corrected chi connectivity index (χ2v) is 14.3. The second kappa shape index (κ2) is 16.0. The van der Waals surface area contributed by atoms with E-state index >= 15 is 0 Å². The number of imidazole rings is 1. The highest BCUT2D eigenvalue weighted by atomic mass is 16.5. The summed E-state index contributed by atoms with van der Waals surface area (Å²) in [6, 6.07) is 27.1. The minimum atomic E-state index is -0.626. The Labute approximate surface area is 320 Å². The molecule has 3 aliphatic rings. The number of aliphatic imine (C=N–C) groups is 1. The molecule has 0 aliphatic carbocycles. The molecule has 11 heteroatoms. The van der Waals surface area contributed by atoms with Crippen molar-refractivity contribution in [1.29, 1.82) is 0 Å². The van der Waals surface area contributed by atoms with Crippen LogP contribution in [-0.4, -0.2) is 79.5 Å². The molecule has 2 fully saturated rings. The first kappa shape index (κ1) is 35.8. The van der Waals surface area contributed by atoms with Crippen LogP contribution in [0.15, 0.2) is 115 Å². The van der Waals surface area contributed by atoms with Crippen molar-refractivity contribution in [3.8, 4) is 22.6 Å². The molecular formula is C44H43N7O4. The van der Waals surface area contributed by atoms with Crippen LogP contribution in [0, 0.1) is 0 Å². The van der Waals surface area contributed by atoms with Crippen molar-refractivity contribution in [3.63, 3.8) is 0 Å². The molecule has 5 heterocycles. The normalized spacial score (nSPS) is 18.6. The number of hydrogen-bond donors (Lipinski definition) is 1. The van der Waals surface area contributed by atoms with Crippen LogP contribution < -0.4 is 0 Å². The molecule has 0 spiro atoms. The monoisotopic (exact) mass is 733 g/mol. The highest BCUT2D eigenvalue weighted by molar-refractivity contribution is 6.03. The van der Waals surface area contributed by atoms with Crippen LogP contribution in [0.25, 0.3) is 28.2 Å². The number of hydrogen-bond acceptors (Lipinski definition) is 8. The Hall–Kier alpha value is -6.23. The molecule has 3 aliphatic heterocycles. The quantitative estimate of drug-likeness (QED) is 0.145. The van der Waals surface area contributed by atoms with Crippen LogP contribution >= 0.6 is 0 Å². The van der Waals surface area contributed by atoms with Crippen molar-refractivity contribution >= 4 is 29.1 Å². The SMILES string of the molecule is COC(=O)C[C@@H](C(=O)N1CCC[C@H]1c1ncc(-c2ccc(-c3ncc(C4=CN=C([C@@H]5CCCN5C(=O)Cc5ccccc5)C4)cn3)cc2)[nH]1)c1ccccc1. The molecule has 278 valence electrons. The molecule has 5 aromatic rings. The molecule has 3 atom stereocenters. The first-order valence-corrected chi connectivity index (χ1v) is 18.9. The number of likely N-dealkylation sites (tertiary alicyclic amines) is 2. The Bertz CT molecular complexity index is 2220. The van der Waals surface area contributed by atoms with E-state index in [2.05, 4.69) is 4.98 Å². The fourth-order valence-corrected chi connectivity index (χ4v) is 8.00. The average molecular weight is 734 g/mol. The molecule has 0 bridgehead atoms. The number of nitrogens with zero attached hydrogens (tertiary/aromatic N) is 6. The number of nitrogens with one attached hydrogen (secondary N) is 1. The summed E-state index contributed by atoms with van der Waals surface area (Å²) in [7, 11) is 1.34. The number of aromatic nitrogens is 4. The van der Waals surface area contributed by atoms with Crippen molar-refractivity contribution in [1.82, 2.24) is 29.7 Å². The van der Waals surface area contributed by atoms with Crippen LogP contribution in [-0.2, 0) is 25.5 Å². The van der Waals surface area contributed by atoms with Gasteiger partial charge in [-0.15, -0.1) is 0 Å². The van der Waals surface area contributed by atoms with Gasteiger partial charge < -0.3 is 19.5 Å². The van der Waals surface area contributed by atoms with Crippen LogP contribution in [0.5, 0.6) is 0 Å². The summed E-state index contributed by atoms with van der Waals surface area (Å²) >= 11 is 0. The maximum atomic E-state index is 13.9. The third kappa shape index (κ3) is 7.73. The molecule has 0 radical (unpaired) electrons. The number of amides is 2. The largest absolute Gasteiger partial charge is 0.469 e. The van der Waals surface area contributed by atoms with Crippen molar-refractivity contribution < 1.29 is 19.1 Å². The van der Waals surface area contributed by atoms with Crippen LogP contribution in [0.1, 0.15) is 73.0 Å². The number of carbonyl (C=O) groups excluding carboxylic acids is 3. The summed E-state index contributed by atoms with van der Waals surface area (Å²) in [6.45, 7) is 1.36. The van der Waals surface area contributed by atoms with E-state index in [1.165, 1.54) is 7.11 Å². The summed E-state index contributed by atoms with van der Waals surface area (Å²) in [6.07, 6.45) is 12.0.